The van der Waals surface area contributed by atoms with E-state index < -0.39 is 0 Å². The first kappa shape index (κ1) is 20.4. The topological polar surface area (TPSA) is 30.5 Å². The van der Waals surface area contributed by atoms with Crippen LogP contribution < -0.4 is 14.8 Å². The summed E-state index contributed by atoms with van der Waals surface area (Å²) in [6.07, 6.45) is 0. The molecular weight excluding hydrogens is 414 g/mol. The maximum Gasteiger partial charge on any atom is 0.175 e. The smallest absolute Gasteiger partial charge is 0.175 e. The van der Waals surface area contributed by atoms with E-state index >= 15 is 0 Å². The number of rotatable bonds is 9. The highest BCUT2D eigenvalue weighted by molar-refractivity contribution is 9.10. The molecule has 3 aromatic carbocycles. The number of aryl methyl sites for hydroxylation is 1. The molecule has 3 nitrogen and oxygen atoms in total. The van der Waals surface area contributed by atoms with Crippen molar-refractivity contribution in [2.24, 2.45) is 0 Å². The molecule has 28 heavy (non-hydrogen) atoms. The zero-order valence-corrected chi connectivity index (χ0v) is 18.0. The van der Waals surface area contributed by atoms with E-state index in [2.05, 4.69) is 76.7 Å². The zero-order chi connectivity index (χ0) is 19.8. The van der Waals surface area contributed by atoms with Gasteiger partial charge >= 0.3 is 0 Å². The highest BCUT2D eigenvalue weighted by Gasteiger charge is 2.13. The molecule has 3 aromatic rings. The van der Waals surface area contributed by atoms with Crippen LogP contribution in [0.5, 0.6) is 11.5 Å². The van der Waals surface area contributed by atoms with E-state index in [1.807, 2.05) is 25.1 Å². The van der Waals surface area contributed by atoms with Crippen molar-refractivity contribution in [3.63, 3.8) is 0 Å². The third kappa shape index (κ3) is 5.60. The highest BCUT2D eigenvalue weighted by atomic mass is 79.9. The Labute approximate surface area is 175 Å². The molecule has 0 saturated heterocycles. The van der Waals surface area contributed by atoms with Crippen LogP contribution in [0.2, 0.25) is 0 Å². The number of hydrogen-bond donors (Lipinski definition) is 1. The monoisotopic (exact) mass is 439 g/mol. The molecule has 0 amide bonds. The quantitative estimate of drug-likeness (QED) is 0.441. The summed E-state index contributed by atoms with van der Waals surface area (Å²) in [5.41, 5.74) is 4.81. The second kappa shape index (κ2) is 10.3. The van der Waals surface area contributed by atoms with Gasteiger partial charge in [0.15, 0.2) is 11.5 Å². The Balaban J connectivity index is 1.69. The van der Waals surface area contributed by atoms with Gasteiger partial charge < -0.3 is 14.8 Å². The first-order valence-electron chi connectivity index (χ1n) is 9.54. The van der Waals surface area contributed by atoms with Crippen molar-refractivity contribution in [1.82, 2.24) is 5.32 Å². The van der Waals surface area contributed by atoms with Gasteiger partial charge in [-0.05, 0) is 64.2 Å². The lowest BCUT2D eigenvalue weighted by atomic mass is 10.1. The van der Waals surface area contributed by atoms with E-state index in [0.717, 1.165) is 34.6 Å². The molecular formula is C24H26BrNO2. The minimum Gasteiger partial charge on any atom is -0.490 e. The van der Waals surface area contributed by atoms with Crippen molar-refractivity contribution in [3.8, 4) is 11.5 Å². The maximum atomic E-state index is 6.12. The van der Waals surface area contributed by atoms with Crippen molar-refractivity contribution >= 4 is 15.9 Å². The van der Waals surface area contributed by atoms with Gasteiger partial charge in [0.2, 0.25) is 0 Å². The molecule has 0 spiro atoms. The van der Waals surface area contributed by atoms with Gasteiger partial charge in [-0.2, -0.15) is 0 Å². The number of ether oxygens (including phenoxy) is 2. The minimum atomic E-state index is 0.511. The second-order valence-corrected chi connectivity index (χ2v) is 7.50. The van der Waals surface area contributed by atoms with E-state index in [9.17, 15) is 0 Å². The molecule has 0 heterocycles. The van der Waals surface area contributed by atoms with Crippen molar-refractivity contribution in [2.75, 3.05) is 6.61 Å². The molecule has 146 valence electrons. The van der Waals surface area contributed by atoms with Gasteiger partial charge in [-0.25, -0.2) is 0 Å². The first-order chi connectivity index (χ1) is 13.7. The fourth-order valence-corrected chi connectivity index (χ4v) is 3.60. The fraction of sp³-hybridized carbons (Fsp3) is 0.250. The minimum absolute atomic E-state index is 0.511. The van der Waals surface area contributed by atoms with Gasteiger partial charge in [-0.3, -0.25) is 0 Å². The Bertz CT molecular complexity index is 896. The van der Waals surface area contributed by atoms with Gasteiger partial charge in [-0.1, -0.05) is 54.6 Å². The van der Waals surface area contributed by atoms with Crippen LogP contribution in [0.3, 0.4) is 0 Å². The van der Waals surface area contributed by atoms with Gasteiger partial charge in [-0.15, -0.1) is 0 Å². The summed E-state index contributed by atoms with van der Waals surface area (Å²) in [5, 5.41) is 3.48. The first-order valence-corrected chi connectivity index (χ1v) is 10.3. The summed E-state index contributed by atoms with van der Waals surface area (Å²) in [6.45, 7) is 6.77. The molecule has 0 radical (unpaired) electrons. The summed E-state index contributed by atoms with van der Waals surface area (Å²) in [6, 6.07) is 22.8. The average molecular weight is 440 g/mol. The van der Waals surface area contributed by atoms with Crippen LogP contribution in [0.4, 0.5) is 0 Å². The lowest BCUT2D eigenvalue weighted by Gasteiger charge is -2.16. The molecule has 0 fully saturated rings. The predicted molar refractivity (Wildman–Crippen MR) is 118 cm³/mol. The van der Waals surface area contributed by atoms with Crippen molar-refractivity contribution in [2.45, 2.75) is 33.5 Å². The SMILES string of the molecule is CCOc1cc(CNCc2ccccc2)cc(Br)c1OCc1ccccc1C. The molecule has 0 aliphatic heterocycles. The molecule has 0 bridgehead atoms. The van der Waals surface area contributed by atoms with E-state index in [1.165, 1.54) is 16.7 Å². The lowest BCUT2D eigenvalue weighted by Crippen LogP contribution is -2.13. The summed E-state index contributed by atoms with van der Waals surface area (Å²) in [7, 11) is 0. The number of nitrogens with one attached hydrogen (secondary N) is 1. The third-order valence-corrected chi connectivity index (χ3v) is 5.09. The Morgan fingerprint density at radius 2 is 1.57 bits per heavy atom. The van der Waals surface area contributed by atoms with Crippen LogP contribution in [0.25, 0.3) is 0 Å². The predicted octanol–water partition coefficient (Wildman–Crippen LogP) is 6.03. The molecule has 3 rings (SSSR count). The average Bonchev–Trinajstić information content (AvgIpc) is 2.70. The van der Waals surface area contributed by atoms with Crippen LogP contribution in [0, 0.1) is 6.92 Å². The molecule has 4 heteroatoms. The highest BCUT2D eigenvalue weighted by Crippen LogP contribution is 2.37. The van der Waals surface area contributed by atoms with Crippen LogP contribution in [0.15, 0.2) is 71.2 Å². The van der Waals surface area contributed by atoms with E-state index in [0.29, 0.717) is 13.2 Å². The molecule has 0 saturated carbocycles. The maximum absolute atomic E-state index is 6.12. The van der Waals surface area contributed by atoms with Crippen molar-refractivity contribution < 1.29 is 9.47 Å². The van der Waals surface area contributed by atoms with Gasteiger partial charge in [0, 0.05) is 13.1 Å². The van der Waals surface area contributed by atoms with Gasteiger partial charge in [0.25, 0.3) is 0 Å². The van der Waals surface area contributed by atoms with Gasteiger partial charge in [0.1, 0.15) is 6.61 Å². The Kier molecular flexibility index (Phi) is 7.52. The number of halogens is 1. The van der Waals surface area contributed by atoms with Crippen molar-refractivity contribution in [3.05, 3.63) is 93.5 Å². The molecule has 0 aliphatic carbocycles. The van der Waals surface area contributed by atoms with E-state index in [4.69, 9.17) is 9.47 Å². The Morgan fingerprint density at radius 1 is 0.857 bits per heavy atom. The van der Waals surface area contributed by atoms with E-state index in [-0.39, 0.29) is 0 Å². The van der Waals surface area contributed by atoms with Crippen LogP contribution in [0.1, 0.15) is 29.2 Å². The molecule has 0 unspecified atom stereocenters. The third-order valence-electron chi connectivity index (χ3n) is 4.50. The van der Waals surface area contributed by atoms with E-state index in [1.54, 1.807) is 0 Å². The normalized spacial score (nSPS) is 10.7. The fourth-order valence-electron chi connectivity index (χ4n) is 3.00. The lowest BCUT2D eigenvalue weighted by molar-refractivity contribution is 0.267. The standard InChI is InChI=1S/C24H26BrNO2/c1-3-27-23-14-20(16-26-15-19-10-5-4-6-11-19)13-22(25)24(23)28-17-21-12-8-7-9-18(21)2/h4-14,26H,3,15-17H2,1-2H3. The summed E-state index contributed by atoms with van der Waals surface area (Å²) in [4.78, 5) is 0. The molecule has 0 aromatic heterocycles. The number of benzene rings is 3. The number of hydrogen-bond acceptors (Lipinski definition) is 3. The second-order valence-electron chi connectivity index (χ2n) is 6.64. The molecule has 0 atom stereocenters. The van der Waals surface area contributed by atoms with Crippen LogP contribution in [-0.2, 0) is 19.7 Å². The Hall–Kier alpha value is -2.30. The summed E-state index contributed by atoms with van der Waals surface area (Å²) in [5.74, 6) is 1.51. The van der Waals surface area contributed by atoms with Gasteiger partial charge in [0.05, 0.1) is 11.1 Å². The molecule has 0 aliphatic rings. The van der Waals surface area contributed by atoms with Crippen LogP contribution in [-0.4, -0.2) is 6.61 Å². The Morgan fingerprint density at radius 3 is 2.32 bits per heavy atom. The largest absolute Gasteiger partial charge is 0.490 e. The van der Waals surface area contributed by atoms with Crippen LogP contribution >= 0.6 is 15.9 Å². The molecule has 1 N–H and O–H groups in total. The summed E-state index contributed by atoms with van der Waals surface area (Å²) >= 11 is 3.66. The zero-order valence-electron chi connectivity index (χ0n) is 16.4. The van der Waals surface area contributed by atoms with Crippen molar-refractivity contribution in [1.29, 1.82) is 0 Å². The summed E-state index contributed by atoms with van der Waals surface area (Å²) < 4.78 is 12.9.